The van der Waals surface area contributed by atoms with Crippen LogP contribution in [0.1, 0.15) is 25.1 Å². The van der Waals surface area contributed by atoms with E-state index in [-0.39, 0.29) is 6.61 Å². The fraction of sp³-hybridized carbons (Fsp3) is 0.438. The van der Waals surface area contributed by atoms with E-state index in [9.17, 15) is 5.11 Å². The first-order chi connectivity index (χ1) is 9.69. The Morgan fingerprint density at radius 1 is 1.30 bits per heavy atom. The number of aliphatic hydroxyl groups excluding tert-OH is 1. The number of thioether (sulfide) groups is 1. The molecule has 0 unspecified atom stereocenters. The van der Waals surface area contributed by atoms with Crippen molar-refractivity contribution < 1.29 is 5.11 Å². The third kappa shape index (κ3) is 2.50. The second kappa shape index (κ2) is 5.62. The van der Waals surface area contributed by atoms with Crippen molar-refractivity contribution in [3.63, 3.8) is 0 Å². The summed E-state index contributed by atoms with van der Waals surface area (Å²) in [5.74, 6) is 1.73. The summed E-state index contributed by atoms with van der Waals surface area (Å²) in [4.78, 5) is 4.69. The van der Waals surface area contributed by atoms with Crippen molar-refractivity contribution >= 4 is 11.8 Å². The van der Waals surface area contributed by atoms with Crippen molar-refractivity contribution in [2.24, 2.45) is 5.92 Å². The minimum atomic E-state index is 0.0522. The normalized spacial score (nSPS) is 14.0. The molecular formula is C16H20N2OS. The number of benzene rings is 1. The summed E-state index contributed by atoms with van der Waals surface area (Å²) in [6, 6.07) is 8.60. The fourth-order valence-corrected chi connectivity index (χ4v) is 3.66. The average molecular weight is 288 g/mol. The fourth-order valence-electron chi connectivity index (χ4n) is 2.69. The predicted octanol–water partition coefficient (Wildman–Crippen LogP) is 3.35. The highest BCUT2D eigenvalue weighted by molar-refractivity contribution is 7.99. The lowest BCUT2D eigenvalue weighted by Gasteiger charge is -2.07. The van der Waals surface area contributed by atoms with Gasteiger partial charge in [0, 0.05) is 17.9 Å². The van der Waals surface area contributed by atoms with E-state index in [1.54, 1.807) is 11.8 Å². The molecule has 0 saturated heterocycles. The van der Waals surface area contributed by atoms with Crippen molar-refractivity contribution in [1.82, 2.24) is 9.55 Å². The first-order valence-corrected chi connectivity index (χ1v) is 8.10. The van der Waals surface area contributed by atoms with Gasteiger partial charge in [-0.3, -0.25) is 0 Å². The molecule has 106 valence electrons. The molecule has 0 saturated carbocycles. The second-order valence-electron chi connectivity index (χ2n) is 5.64. The SMILES string of the molecule is CC(C)Cc1ccc(-c2nc3n(c2CO)CCS3)cc1. The number of aliphatic hydroxyl groups is 1. The van der Waals surface area contributed by atoms with Gasteiger partial charge in [0.2, 0.25) is 0 Å². The highest BCUT2D eigenvalue weighted by atomic mass is 32.2. The van der Waals surface area contributed by atoms with Crippen LogP contribution in [0.25, 0.3) is 11.3 Å². The second-order valence-corrected chi connectivity index (χ2v) is 6.70. The molecule has 1 aliphatic heterocycles. The van der Waals surface area contributed by atoms with Gasteiger partial charge < -0.3 is 9.67 Å². The minimum absolute atomic E-state index is 0.0522. The topological polar surface area (TPSA) is 38.0 Å². The summed E-state index contributed by atoms with van der Waals surface area (Å²) < 4.78 is 2.14. The van der Waals surface area contributed by atoms with E-state index in [1.807, 2.05) is 0 Å². The summed E-state index contributed by atoms with van der Waals surface area (Å²) in [7, 11) is 0. The number of hydrogen-bond acceptors (Lipinski definition) is 3. The summed E-state index contributed by atoms with van der Waals surface area (Å²) in [6.45, 7) is 5.47. The maximum Gasteiger partial charge on any atom is 0.168 e. The van der Waals surface area contributed by atoms with Crippen molar-refractivity contribution in [2.45, 2.75) is 38.6 Å². The van der Waals surface area contributed by atoms with Crippen LogP contribution in [0.5, 0.6) is 0 Å². The molecule has 0 spiro atoms. The molecule has 0 aliphatic carbocycles. The maximum atomic E-state index is 9.64. The zero-order valence-corrected chi connectivity index (χ0v) is 12.8. The molecule has 1 aliphatic rings. The Morgan fingerprint density at radius 2 is 2.05 bits per heavy atom. The molecule has 2 aromatic rings. The maximum absolute atomic E-state index is 9.64. The highest BCUT2D eigenvalue weighted by Crippen LogP contribution is 2.33. The van der Waals surface area contributed by atoms with Gasteiger partial charge in [0.15, 0.2) is 5.16 Å². The monoisotopic (exact) mass is 288 g/mol. The molecule has 3 rings (SSSR count). The molecule has 0 amide bonds. The molecule has 4 heteroatoms. The lowest BCUT2D eigenvalue weighted by molar-refractivity contribution is 0.271. The van der Waals surface area contributed by atoms with Crippen LogP contribution < -0.4 is 0 Å². The van der Waals surface area contributed by atoms with E-state index < -0.39 is 0 Å². The van der Waals surface area contributed by atoms with E-state index in [4.69, 9.17) is 0 Å². The first-order valence-electron chi connectivity index (χ1n) is 7.11. The number of nitrogens with zero attached hydrogens (tertiary/aromatic N) is 2. The standard InChI is InChI=1S/C16H20N2OS/c1-11(2)9-12-3-5-13(6-4-12)15-14(10-19)18-7-8-20-16(18)17-15/h3-6,11,19H,7-10H2,1-2H3. The molecular weight excluding hydrogens is 268 g/mol. The number of hydrogen-bond donors (Lipinski definition) is 1. The predicted molar refractivity (Wildman–Crippen MR) is 82.9 cm³/mol. The highest BCUT2D eigenvalue weighted by Gasteiger charge is 2.21. The van der Waals surface area contributed by atoms with Gasteiger partial charge in [0.1, 0.15) is 0 Å². The summed E-state index contributed by atoms with van der Waals surface area (Å²) >= 11 is 1.77. The van der Waals surface area contributed by atoms with E-state index in [0.29, 0.717) is 5.92 Å². The molecule has 0 bridgehead atoms. The summed E-state index contributed by atoms with van der Waals surface area (Å²) in [5.41, 5.74) is 4.34. The lowest BCUT2D eigenvalue weighted by Crippen LogP contribution is -2.01. The van der Waals surface area contributed by atoms with Gasteiger partial charge in [0.25, 0.3) is 0 Å². The Balaban J connectivity index is 1.93. The molecule has 1 N–H and O–H groups in total. The lowest BCUT2D eigenvalue weighted by atomic mass is 10.0. The van der Waals surface area contributed by atoms with Crippen LogP contribution in [0, 0.1) is 5.92 Å². The van der Waals surface area contributed by atoms with E-state index >= 15 is 0 Å². The Hall–Kier alpha value is -1.26. The van der Waals surface area contributed by atoms with E-state index in [2.05, 4.69) is 47.7 Å². The van der Waals surface area contributed by atoms with Gasteiger partial charge in [-0.1, -0.05) is 49.9 Å². The van der Waals surface area contributed by atoms with E-state index in [0.717, 1.165) is 40.8 Å². The molecule has 0 atom stereocenters. The quantitative estimate of drug-likeness (QED) is 0.937. The van der Waals surface area contributed by atoms with Crippen molar-refractivity contribution in [2.75, 3.05) is 5.75 Å². The van der Waals surface area contributed by atoms with Crippen LogP contribution in [0.2, 0.25) is 0 Å². The van der Waals surface area contributed by atoms with Crippen LogP contribution in [0.4, 0.5) is 0 Å². The Kier molecular flexibility index (Phi) is 3.85. The van der Waals surface area contributed by atoms with Crippen LogP contribution in [-0.2, 0) is 19.6 Å². The molecule has 0 fully saturated rings. The Morgan fingerprint density at radius 3 is 2.70 bits per heavy atom. The van der Waals surface area contributed by atoms with Gasteiger partial charge in [-0.25, -0.2) is 4.98 Å². The Bertz CT molecular complexity index is 602. The first kappa shape index (κ1) is 13.7. The van der Waals surface area contributed by atoms with Crippen LogP contribution in [-0.4, -0.2) is 20.4 Å². The number of aromatic nitrogens is 2. The van der Waals surface area contributed by atoms with Gasteiger partial charge >= 0.3 is 0 Å². The molecule has 2 heterocycles. The summed E-state index contributed by atoms with van der Waals surface area (Å²) in [5, 5.41) is 10.7. The van der Waals surface area contributed by atoms with Crippen LogP contribution in [0.3, 0.4) is 0 Å². The molecule has 0 radical (unpaired) electrons. The van der Waals surface area contributed by atoms with E-state index in [1.165, 1.54) is 5.56 Å². The average Bonchev–Trinajstić information content (AvgIpc) is 2.98. The van der Waals surface area contributed by atoms with Gasteiger partial charge in [-0.15, -0.1) is 0 Å². The number of imidazole rings is 1. The molecule has 3 nitrogen and oxygen atoms in total. The Labute approximate surface area is 124 Å². The number of rotatable bonds is 4. The molecule has 20 heavy (non-hydrogen) atoms. The van der Waals surface area contributed by atoms with Crippen LogP contribution >= 0.6 is 11.8 Å². The minimum Gasteiger partial charge on any atom is -0.390 e. The van der Waals surface area contributed by atoms with Gasteiger partial charge in [-0.05, 0) is 17.9 Å². The zero-order chi connectivity index (χ0) is 14.1. The van der Waals surface area contributed by atoms with Crippen molar-refractivity contribution in [3.05, 3.63) is 35.5 Å². The van der Waals surface area contributed by atoms with Gasteiger partial charge in [-0.2, -0.15) is 0 Å². The summed E-state index contributed by atoms with van der Waals surface area (Å²) in [6.07, 6.45) is 1.10. The smallest absolute Gasteiger partial charge is 0.168 e. The van der Waals surface area contributed by atoms with Gasteiger partial charge in [0.05, 0.1) is 18.0 Å². The molecule has 1 aromatic heterocycles. The van der Waals surface area contributed by atoms with Crippen molar-refractivity contribution in [1.29, 1.82) is 0 Å². The van der Waals surface area contributed by atoms with Crippen LogP contribution in [0.15, 0.2) is 29.4 Å². The number of fused-ring (bicyclic) bond motifs is 1. The van der Waals surface area contributed by atoms with Crippen molar-refractivity contribution in [3.8, 4) is 11.3 Å². The molecule has 1 aromatic carbocycles. The third-order valence-electron chi connectivity index (χ3n) is 3.60. The zero-order valence-electron chi connectivity index (χ0n) is 12.0. The largest absolute Gasteiger partial charge is 0.390 e. The third-order valence-corrected chi connectivity index (χ3v) is 4.56.